The van der Waals surface area contributed by atoms with E-state index in [0.717, 1.165) is 24.6 Å². The fourth-order valence-corrected chi connectivity index (χ4v) is 2.64. The van der Waals surface area contributed by atoms with Crippen LogP contribution in [-0.2, 0) is 6.54 Å². The van der Waals surface area contributed by atoms with Gasteiger partial charge in [0, 0.05) is 19.1 Å². The van der Waals surface area contributed by atoms with Crippen molar-refractivity contribution in [2.75, 3.05) is 32.6 Å². The van der Waals surface area contributed by atoms with Gasteiger partial charge in [0.1, 0.15) is 5.01 Å². The molecule has 7 heteroatoms. The van der Waals surface area contributed by atoms with Crippen molar-refractivity contribution in [1.82, 2.24) is 20.0 Å². The number of hydrogen-bond acceptors (Lipinski definition) is 7. The molecule has 0 saturated carbocycles. The number of anilines is 1. The van der Waals surface area contributed by atoms with Crippen LogP contribution in [0.4, 0.5) is 5.13 Å². The summed E-state index contributed by atoms with van der Waals surface area (Å²) >= 11 is 1.52. The lowest BCUT2D eigenvalue weighted by Crippen LogP contribution is -2.31. The lowest BCUT2D eigenvalue weighted by atomic mass is 10.2. The minimum atomic E-state index is 0.667. The minimum Gasteiger partial charge on any atom is -0.305 e. The molecule has 0 radical (unpaired) electrons. The van der Waals surface area contributed by atoms with Gasteiger partial charge in [-0.3, -0.25) is 10.3 Å². The third-order valence-electron chi connectivity index (χ3n) is 2.93. The van der Waals surface area contributed by atoms with Crippen molar-refractivity contribution in [1.29, 1.82) is 0 Å². The summed E-state index contributed by atoms with van der Waals surface area (Å²) in [4.78, 5) is 4.69. The lowest BCUT2D eigenvalue weighted by molar-refractivity contribution is 0.264. The van der Waals surface area contributed by atoms with Gasteiger partial charge in [0.2, 0.25) is 5.13 Å². The SMILES string of the molecule is CN(C)C1CCN(Cc2nnc(NN)s2)C1. The molecule has 0 spiro atoms. The smallest absolute Gasteiger partial charge is 0.219 e. The average molecular weight is 242 g/mol. The van der Waals surface area contributed by atoms with Crippen LogP contribution in [0.2, 0.25) is 0 Å². The summed E-state index contributed by atoms with van der Waals surface area (Å²) in [6, 6.07) is 0.667. The second-order valence-corrected chi connectivity index (χ2v) is 5.35. The third-order valence-corrected chi connectivity index (χ3v) is 3.77. The van der Waals surface area contributed by atoms with E-state index in [1.54, 1.807) is 0 Å². The second kappa shape index (κ2) is 5.05. The number of aromatic nitrogens is 2. The molecule has 1 aromatic rings. The predicted octanol–water partition coefficient (Wildman–Crippen LogP) is -0.0404. The normalized spacial score (nSPS) is 21.9. The van der Waals surface area contributed by atoms with Crippen LogP contribution in [-0.4, -0.2) is 53.2 Å². The van der Waals surface area contributed by atoms with Gasteiger partial charge in [-0.2, -0.15) is 0 Å². The summed E-state index contributed by atoms with van der Waals surface area (Å²) in [5.41, 5.74) is 2.52. The number of hydrazine groups is 1. The first-order valence-electron chi connectivity index (χ1n) is 5.37. The van der Waals surface area contributed by atoms with E-state index in [1.165, 1.54) is 17.8 Å². The van der Waals surface area contributed by atoms with Crippen LogP contribution >= 0.6 is 11.3 Å². The Hall–Kier alpha value is -0.760. The Balaban J connectivity index is 1.87. The number of rotatable bonds is 4. The van der Waals surface area contributed by atoms with Crippen molar-refractivity contribution < 1.29 is 0 Å². The molecule has 2 rings (SSSR count). The van der Waals surface area contributed by atoms with E-state index in [-0.39, 0.29) is 0 Å². The summed E-state index contributed by atoms with van der Waals surface area (Å²) in [5.74, 6) is 5.27. The maximum atomic E-state index is 5.27. The van der Waals surface area contributed by atoms with E-state index in [4.69, 9.17) is 5.84 Å². The zero-order valence-electron chi connectivity index (χ0n) is 9.68. The average Bonchev–Trinajstić information content (AvgIpc) is 2.87. The fourth-order valence-electron chi connectivity index (χ4n) is 1.94. The van der Waals surface area contributed by atoms with E-state index in [0.29, 0.717) is 11.2 Å². The van der Waals surface area contributed by atoms with Crippen molar-refractivity contribution in [3.05, 3.63) is 5.01 Å². The topological polar surface area (TPSA) is 70.3 Å². The fraction of sp³-hybridized carbons (Fsp3) is 0.778. The number of likely N-dealkylation sites (tertiary alicyclic amines) is 1. The van der Waals surface area contributed by atoms with Gasteiger partial charge >= 0.3 is 0 Å². The van der Waals surface area contributed by atoms with Gasteiger partial charge in [-0.25, -0.2) is 5.84 Å². The lowest BCUT2D eigenvalue weighted by Gasteiger charge is -2.19. The number of hydrogen-bond donors (Lipinski definition) is 2. The van der Waals surface area contributed by atoms with Crippen LogP contribution in [0.1, 0.15) is 11.4 Å². The van der Waals surface area contributed by atoms with Gasteiger partial charge in [-0.15, -0.1) is 10.2 Å². The second-order valence-electron chi connectivity index (χ2n) is 4.29. The maximum absolute atomic E-state index is 5.27. The third kappa shape index (κ3) is 2.67. The molecule has 3 N–H and O–H groups in total. The highest BCUT2D eigenvalue weighted by Gasteiger charge is 2.24. The zero-order valence-corrected chi connectivity index (χ0v) is 10.5. The largest absolute Gasteiger partial charge is 0.305 e. The van der Waals surface area contributed by atoms with E-state index in [2.05, 4.69) is 39.5 Å². The van der Waals surface area contributed by atoms with Crippen LogP contribution in [0.5, 0.6) is 0 Å². The van der Waals surface area contributed by atoms with Crippen LogP contribution in [0, 0.1) is 0 Å². The summed E-state index contributed by atoms with van der Waals surface area (Å²) in [6.45, 7) is 3.12. The molecule has 0 amide bonds. The molecule has 1 aliphatic rings. The molecule has 16 heavy (non-hydrogen) atoms. The van der Waals surface area contributed by atoms with Crippen LogP contribution in [0.25, 0.3) is 0 Å². The van der Waals surface area contributed by atoms with Gasteiger partial charge in [0.15, 0.2) is 0 Å². The first-order chi connectivity index (χ1) is 7.69. The molecule has 1 aromatic heterocycles. The summed E-state index contributed by atoms with van der Waals surface area (Å²) in [7, 11) is 4.27. The molecule has 1 atom stereocenters. The first-order valence-corrected chi connectivity index (χ1v) is 6.18. The van der Waals surface area contributed by atoms with Crippen molar-refractivity contribution in [3.63, 3.8) is 0 Å². The van der Waals surface area contributed by atoms with E-state index in [1.807, 2.05) is 0 Å². The Morgan fingerprint density at radius 1 is 1.56 bits per heavy atom. The van der Waals surface area contributed by atoms with Gasteiger partial charge in [-0.05, 0) is 20.5 Å². The highest BCUT2D eigenvalue weighted by molar-refractivity contribution is 7.15. The van der Waals surface area contributed by atoms with Crippen LogP contribution in [0.15, 0.2) is 0 Å². The molecule has 90 valence electrons. The predicted molar refractivity (Wildman–Crippen MR) is 65.1 cm³/mol. The molecule has 0 aliphatic carbocycles. The van der Waals surface area contributed by atoms with Crippen molar-refractivity contribution in [3.8, 4) is 0 Å². The Morgan fingerprint density at radius 2 is 2.38 bits per heavy atom. The Kier molecular flexibility index (Phi) is 3.70. The number of nitrogens with one attached hydrogen (secondary N) is 1. The van der Waals surface area contributed by atoms with E-state index >= 15 is 0 Å². The number of nitrogens with zero attached hydrogens (tertiary/aromatic N) is 4. The first kappa shape index (κ1) is 11.7. The molecule has 1 fully saturated rings. The summed E-state index contributed by atoms with van der Waals surface area (Å²) < 4.78 is 0. The standard InChI is InChI=1S/C9H18N6S/c1-14(2)7-3-4-15(5-7)6-8-12-13-9(11-10)16-8/h7H,3-6,10H2,1-2H3,(H,11,13). The van der Waals surface area contributed by atoms with Gasteiger partial charge in [0.25, 0.3) is 0 Å². The van der Waals surface area contributed by atoms with Crippen molar-refractivity contribution >= 4 is 16.5 Å². The minimum absolute atomic E-state index is 0.667. The molecular formula is C9H18N6S. The van der Waals surface area contributed by atoms with Gasteiger partial charge in [0.05, 0.1) is 6.54 Å². The zero-order chi connectivity index (χ0) is 11.5. The number of nitrogens with two attached hydrogens (primary N) is 1. The van der Waals surface area contributed by atoms with E-state index < -0.39 is 0 Å². The van der Waals surface area contributed by atoms with Crippen molar-refractivity contribution in [2.45, 2.75) is 19.0 Å². The molecule has 1 unspecified atom stereocenters. The highest BCUT2D eigenvalue weighted by atomic mass is 32.1. The highest BCUT2D eigenvalue weighted by Crippen LogP contribution is 2.19. The molecule has 2 heterocycles. The molecule has 0 bridgehead atoms. The maximum Gasteiger partial charge on any atom is 0.219 e. The van der Waals surface area contributed by atoms with Crippen LogP contribution in [0.3, 0.4) is 0 Å². The summed E-state index contributed by atoms with van der Waals surface area (Å²) in [5, 5.41) is 9.72. The molecule has 1 aliphatic heterocycles. The van der Waals surface area contributed by atoms with Gasteiger partial charge in [-0.1, -0.05) is 11.3 Å². The molecule has 0 aromatic carbocycles. The van der Waals surface area contributed by atoms with Crippen LogP contribution < -0.4 is 11.3 Å². The Morgan fingerprint density at radius 3 is 2.94 bits per heavy atom. The van der Waals surface area contributed by atoms with E-state index in [9.17, 15) is 0 Å². The summed E-state index contributed by atoms with van der Waals surface area (Å²) in [6.07, 6.45) is 1.23. The molecule has 1 saturated heterocycles. The monoisotopic (exact) mass is 242 g/mol. The van der Waals surface area contributed by atoms with Gasteiger partial charge < -0.3 is 4.90 Å². The Labute approximate surface area is 99.4 Å². The number of nitrogen functional groups attached to an aromatic ring is 1. The van der Waals surface area contributed by atoms with Crippen molar-refractivity contribution in [2.24, 2.45) is 5.84 Å². The Bertz CT molecular complexity index is 338. The number of likely N-dealkylation sites (N-methyl/N-ethyl adjacent to an activating group) is 1. The molecular weight excluding hydrogens is 224 g/mol. The molecule has 6 nitrogen and oxygen atoms in total. The quantitative estimate of drug-likeness (QED) is 0.570.